The van der Waals surface area contributed by atoms with Crippen LogP contribution in [0.15, 0.2) is 30.7 Å². The first-order chi connectivity index (χ1) is 13.7. The topological polar surface area (TPSA) is 67.2 Å². The number of ether oxygens (including phenoxy) is 1. The van der Waals surface area contributed by atoms with E-state index < -0.39 is 0 Å². The molecule has 2 N–H and O–H groups in total. The molecule has 5 rings (SSSR count). The summed E-state index contributed by atoms with van der Waals surface area (Å²) >= 11 is 0. The highest BCUT2D eigenvalue weighted by Gasteiger charge is 2.45. The fourth-order valence-electron chi connectivity index (χ4n) is 5.32. The van der Waals surface area contributed by atoms with Crippen LogP contribution >= 0.6 is 0 Å². The van der Waals surface area contributed by atoms with Crippen LogP contribution in [0.2, 0.25) is 0 Å². The van der Waals surface area contributed by atoms with E-state index in [0.717, 1.165) is 32.1 Å². The highest BCUT2D eigenvalue weighted by Crippen LogP contribution is 2.46. The van der Waals surface area contributed by atoms with E-state index in [0.29, 0.717) is 29.8 Å². The Morgan fingerprint density at radius 2 is 2.00 bits per heavy atom. The molecule has 5 unspecified atom stereocenters. The number of fused-ring (bicyclic) bond motifs is 1. The van der Waals surface area contributed by atoms with Gasteiger partial charge in [0.15, 0.2) is 0 Å². The Kier molecular flexibility index (Phi) is 4.82. The molecule has 1 saturated carbocycles. The number of rotatable bonds is 3. The Morgan fingerprint density at radius 1 is 1.14 bits per heavy atom. The maximum Gasteiger partial charge on any atom is 0.128 e. The maximum atomic E-state index is 5.49. The minimum Gasteiger partial charge on any atom is -0.378 e. The summed E-state index contributed by atoms with van der Waals surface area (Å²) in [6.07, 6.45) is 8.58. The average Bonchev–Trinajstić information content (AvgIpc) is 3.35. The van der Waals surface area contributed by atoms with Crippen molar-refractivity contribution in [2.24, 2.45) is 18.9 Å². The fraction of sp³-hybridized carbons (Fsp3) is 0.619. The number of hydrogen-bond acceptors (Lipinski definition) is 6. The molecule has 3 fully saturated rings. The monoisotopic (exact) mass is 382 g/mol. The van der Waals surface area contributed by atoms with Gasteiger partial charge in [-0.3, -0.25) is 10.1 Å². The lowest BCUT2D eigenvalue weighted by Crippen LogP contribution is -2.40. The number of nitrogens with zero attached hydrogens (tertiary/aromatic N) is 4. The molecule has 0 spiro atoms. The molecule has 2 aromatic rings. The first kappa shape index (κ1) is 18.1. The fourth-order valence-corrected chi connectivity index (χ4v) is 5.32. The first-order valence-electron chi connectivity index (χ1n) is 10.5. The van der Waals surface area contributed by atoms with Crippen molar-refractivity contribution >= 4 is 5.82 Å². The van der Waals surface area contributed by atoms with Crippen molar-refractivity contribution in [1.82, 2.24) is 25.6 Å². The molecule has 4 heterocycles. The van der Waals surface area contributed by atoms with E-state index in [1.165, 1.54) is 24.0 Å². The largest absolute Gasteiger partial charge is 0.378 e. The van der Waals surface area contributed by atoms with E-state index in [2.05, 4.69) is 51.1 Å². The number of nitrogens with one attached hydrogen (secondary N) is 2. The predicted octanol–water partition coefficient (Wildman–Crippen LogP) is 2.00. The van der Waals surface area contributed by atoms with Crippen molar-refractivity contribution < 1.29 is 4.74 Å². The first-order valence-corrected chi connectivity index (χ1v) is 10.5. The van der Waals surface area contributed by atoms with Gasteiger partial charge in [-0.1, -0.05) is 6.92 Å². The average molecular weight is 383 g/mol. The summed E-state index contributed by atoms with van der Waals surface area (Å²) in [5.74, 6) is 2.84. The zero-order valence-electron chi connectivity index (χ0n) is 16.7. The van der Waals surface area contributed by atoms with Crippen molar-refractivity contribution in [1.29, 1.82) is 0 Å². The normalized spacial score (nSPS) is 33.1. The number of hydrazine groups is 1. The van der Waals surface area contributed by atoms with Crippen LogP contribution in [-0.2, 0) is 11.8 Å². The lowest BCUT2D eigenvalue weighted by molar-refractivity contribution is 0.122. The Labute approximate surface area is 166 Å². The molecule has 2 saturated heterocycles. The quantitative estimate of drug-likeness (QED) is 0.846. The third-order valence-corrected chi connectivity index (χ3v) is 6.78. The van der Waals surface area contributed by atoms with Crippen molar-refractivity contribution in [3.05, 3.63) is 41.9 Å². The molecule has 7 heteroatoms. The summed E-state index contributed by atoms with van der Waals surface area (Å²) in [6, 6.07) is 5.27. The third-order valence-electron chi connectivity index (χ3n) is 6.78. The lowest BCUT2D eigenvalue weighted by Gasteiger charge is -2.37. The summed E-state index contributed by atoms with van der Waals surface area (Å²) in [4.78, 5) is 6.96. The van der Waals surface area contributed by atoms with Crippen molar-refractivity contribution in [3.8, 4) is 0 Å². The molecule has 0 bridgehead atoms. The van der Waals surface area contributed by atoms with Crippen molar-refractivity contribution in [2.75, 3.05) is 31.2 Å². The van der Waals surface area contributed by atoms with Gasteiger partial charge in [0.1, 0.15) is 5.82 Å². The van der Waals surface area contributed by atoms with Crippen molar-refractivity contribution in [3.63, 3.8) is 0 Å². The second-order valence-electron chi connectivity index (χ2n) is 8.60. The minimum absolute atomic E-state index is 0.315. The van der Waals surface area contributed by atoms with Gasteiger partial charge in [-0.25, -0.2) is 10.4 Å². The van der Waals surface area contributed by atoms with Crippen LogP contribution in [0.5, 0.6) is 0 Å². The van der Waals surface area contributed by atoms with Crippen LogP contribution in [0, 0.1) is 11.8 Å². The Hall–Kier alpha value is -1.96. The van der Waals surface area contributed by atoms with Gasteiger partial charge in [0, 0.05) is 38.6 Å². The van der Waals surface area contributed by atoms with Gasteiger partial charge in [-0.2, -0.15) is 5.10 Å². The van der Waals surface area contributed by atoms with Gasteiger partial charge in [0.25, 0.3) is 0 Å². The van der Waals surface area contributed by atoms with E-state index in [1.54, 1.807) is 0 Å². The smallest absolute Gasteiger partial charge is 0.128 e. The number of anilines is 1. The second kappa shape index (κ2) is 7.46. The molecule has 7 nitrogen and oxygen atoms in total. The highest BCUT2D eigenvalue weighted by atomic mass is 16.5. The van der Waals surface area contributed by atoms with E-state index in [-0.39, 0.29) is 0 Å². The summed E-state index contributed by atoms with van der Waals surface area (Å²) in [5, 5.41) is 4.40. The molecule has 0 aromatic carbocycles. The molecule has 2 aliphatic heterocycles. The van der Waals surface area contributed by atoms with Crippen LogP contribution in [0.3, 0.4) is 0 Å². The zero-order chi connectivity index (χ0) is 19.1. The molecule has 2 aromatic heterocycles. The number of aromatic nitrogens is 3. The van der Waals surface area contributed by atoms with Gasteiger partial charge in [-0.05, 0) is 53.9 Å². The second-order valence-corrected chi connectivity index (χ2v) is 8.60. The summed E-state index contributed by atoms with van der Waals surface area (Å²) in [6.45, 7) is 5.77. The summed E-state index contributed by atoms with van der Waals surface area (Å²) in [5.41, 5.74) is 9.93. The SMILES string of the molecule is CC1CC(c2cnn(C)c2)CC2C(c3ccnc(N4CCOCC4)c3)NNC12. The molecular formula is C21H30N6O. The van der Waals surface area contributed by atoms with Crippen LogP contribution in [-0.4, -0.2) is 47.1 Å². The van der Waals surface area contributed by atoms with Crippen LogP contribution < -0.4 is 15.8 Å². The number of hydrogen-bond donors (Lipinski definition) is 2. The van der Waals surface area contributed by atoms with Gasteiger partial charge in [0.2, 0.25) is 0 Å². The van der Waals surface area contributed by atoms with E-state index in [1.807, 2.05) is 24.1 Å². The van der Waals surface area contributed by atoms with Gasteiger partial charge in [-0.15, -0.1) is 0 Å². The molecule has 0 radical (unpaired) electrons. The highest BCUT2D eigenvalue weighted by molar-refractivity contribution is 5.42. The van der Waals surface area contributed by atoms with Crippen LogP contribution in [0.1, 0.15) is 42.9 Å². The molecule has 150 valence electrons. The Balaban J connectivity index is 1.38. The standard InChI is InChI=1S/C21H30N6O/c1-14-9-16(17-12-23-26(2)13-17)10-18-20(14)24-25-21(18)15-3-4-22-19(11-15)27-5-7-28-8-6-27/h3-4,11-14,16,18,20-21,24-25H,5-10H2,1-2H3. The van der Waals surface area contributed by atoms with Gasteiger partial charge in [0.05, 0.1) is 25.5 Å². The summed E-state index contributed by atoms with van der Waals surface area (Å²) in [7, 11) is 2.00. The lowest BCUT2D eigenvalue weighted by atomic mass is 9.68. The predicted molar refractivity (Wildman–Crippen MR) is 108 cm³/mol. The Bertz CT molecular complexity index is 817. The van der Waals surface area contributed by atoms with E-state index in [9.17, 15) is 0 Å². The number of morpholine rings is 1. The van der Waals surface area contributed by atoms with Crippen LogP contribution in [0.4, 0.5) is 5.82 Å². The van der Waals surface area contributed by atoms with Gasteiger partial charge < -0.3 is 9.64 Å². The number of aryl methyl sites for hydroxylation is 1. The molecule has 28 heavy (non-hydrogen) atoms. The number of pyridine rings is 1. The molecule has 1 aliphatic carbocycles. The molecular weight excluding hydrogens is 352 g/mol. The van der Waals surface area contributed by atoms with E-state index >= 15 is 0 Å². The van der Waals surface area contributed by atoms with Crippen molar-refractivity contribution in [2.45, 2.75) is 37.8 Å². The molecule has 5 atom stereocenters. The van der Waals surface area contributed by atoms with Gasteiger partial charge >= 0.3 is 0 Å². The zero-order valence-corrected chi connectivity index (χ0v) is 16.7. The Morgan fingerprint density at radius 3 is 2.79 bits per heavy atom. The molecule has 0 amide bonds. The third kappa shape index (κ3) is 3.32. The maximum absolute atomic E-state index is 5.49. The van der Waals surface area contributed by atoms with E-state index in [4.69, 9.17) is 4.74 Å². The van der Waals surface area contributed by atoms with Crippen LogP contribution in [0.25, 0.3) is 0 Å². The minimum atomic E-state index is 0.315. The summed E-state index contributed by atoms with van der Waals surface area (Å²) < 4.78 is 7.41. The molecule has 3 aliphatic rings.